The summed E-state index contributed by atoms with van der Waals surface area (Å²) in [5.74, 6) is -0.344. The fraction of sp³-hybridized carbons (Fsp3) is 0.250. The molecule has 0 saturated heterocycles. The van der Waals surface area contributed by atoms with Crippen molar-refractivity contribution in [1.29, 1.82) is 0 Å². The molecule has 0 atom stereocenters. The molecule has 0 aromatic carbocycles. The minimum atomic E-state index is -0.344. The zero-order valence-corrected chi connectivity index (χ0v) is 7.64. The average molecular weight is 242 g/mol. The van der Waals surface area contributed by atoms with E-state index in [9.17, 15) is 4.79 Å². The van der Waals surface area contributed by atoms with Crippen molar-refractivity contribution in [2.45, 2.75) is 0 Å². The third-order valence-corrected chi connectivity index (χ3v) is 2.34. The maximum absolute atomic E-state index is 10.4. The van der Waals surface area contributed by atoms with Gasteiger partial charge in [-0.15, -0.1) is 0 Å². The Labute approximate surface area is 64.3 Å². The molecular formula is C4H4O2Se2. The molecule has 0 N–H and O–H groups in total. The van der Waals surface area contributed by atoms with Crippen LogP contribution < -0.4 is 0 Å². The Kier molecular flexibility index (Phi) is 4.29. The zero-order valence-electron chi connectivity index (χ0n) is 4.21. The number of hydrogen-bond donors (Lipinski definition) is 0. The Morgan fingerprint density at radius 3 is 2.38 bits per heavy atom. The summed E-state index contributed by atoms with van der Waals surface area (Å²) in [5.41, 5.74) is 0. The van der Waals surface area contributed by atoms with Crippen molar-refractivity contribution in [3.8, 4) is 0 Å². The van der Waals surface area contributed by atoms with E-state index in [0.717, 1.165) is 0 Å². The van der Waals surface area contributed by atoms with E-state index in [4.69, 9.17) is 0 Å². The molecule has 0 aliphatic heterocycles. The van der Waals surface area contributed by atoms with Crippen molar-refractivity contribution in [3.63, 3.8) is 0 Å². The van der Waals surface area contributed by atoms with Gasteiger partial charge in [-0.2, -0.15) is 0 Å². The van der Waals surface area contributed by atoms with Crippen molar-refractivity contribution < 1.29 is 9.53 Å². The van der Waals surface area contributed by atoms with Crippen molar-refractivity contribution in [2.24, 2.45) is 0 Å². The normalized spacial score (nSPS) is 10.9. The average Bonchev–Trinajstić information content (AvgIpc) is 1.84. The number of rotatable bonds is 1. The summed E-state index contributed by atoms with van der Waals surface area (Å²) in [6.07, 6.45) is 0. The molecule has 0 aliphatic rings. The number of carbonyl (C=O) groups is 1. The monoisotopic (exact) mass is 244 g/mol. The molecule has 0 aromatic heterocycles. The third-order valence-electron chi connectivity index (χ3n) is 0.494. The van der Waals surface area contributed by atoms with Gasteiger partial charge in [-0.25, -0.2) is 0 Å². The molecule has 0 heterocycles. The predicted octanol–water partition coefficient (Wildman–Crippen LogP) is -0.662. The van der Waals surface area contributed by atoms with E-state index >= 15 is 0 Å². The molecule has 4 heteroatoms. The number of carbonyl (C=O) groups excluding carboxylic acids is 1. The van der Waals surface area contributed by atoms with Gasteiger partial charge in [-0.05, 0) is 0 Å². The first-order chi connectivity index (χ1) is 3.72. The SMILES string of the molecule is COC(=O)/C([Se])=C/[Se]. The molecule has 44 valence electrons. The third kappa shape index (κ3) is 2.53. The first-order valence-electron chi connectivity index (χ1n) is 1.79. The number of hydrogen-bond acceptors (Lipinski definition) is 2. The molecule has 0 saturated carbocycles. The summed E-state index contributed by atoms with van der Waals surface area (Å²) in [5, 5.41) is 0. The predicted molar refractivity (Wildman–Crippen MR) is 31.6 cm³/mol. The van der Waals surface area contributed by atoms with Crippen LogP contribution in [0.2, 0.25) is 0 Å². The van der Waals surface area contributed by atoms with Crippen LogP contribution in [0.25, 0.3) is 0 Å². The Balaban J connectivity index is 3.83. The first kappa shape index (κ1) is 8.25. The van der Waals surface area contributed by atoms with Gasteiger partial charge in [0.05, 0.1) is 0 Å². The van der Waals surface area contributed by atoms with Gasteiger partial charge in [-0.3, -0.25) is 0 Å². The Morgan fingerprint density at radius 2 is 2.25 bits per heavy atom. The van der Waals surface area contributed by atoms with Gasteiger partial charge in [0.25, 0.3) is 0 Å². The van der Waals surface area contributed by atoms with E-state index in [1.54, 1.807) is 0 Å². The molecule has 8 heavy (non-hydrogen) atoms. The molecule has 2 nitrogen and oxygen atoms in total. The Bertz CT molecular complexity index is 119. The summed E-state index contributed by atoms with van der Waals surface area (Å²) in [6, 6.07) is 0. The van der Waals surface area contributed by atoms with E-state index in [2.05, 4.69) is 36.8 Å². The number of ether oxygens (including phenoxy) is 1. The van der Waals surface area contributed by atoms with Crippen LogP contribution in [0.15, 0.2) is 9.45 Å². The van der Waals surface area contributed by atoms with Crippen LogP contribution in [-0.4, -0.2) is 45.1 Å². The van der Waals surface area contributed by atoms with Crippen LogP contribution in [0.4, 0.5) is 0 Å². The van der Waals surface area contributed by atoms with Crippen molar-refractivity contribution in [1.82, 2.24) is 0 Å². The Hall–Kier alpha value is 0.249. The first-order valence-corrected chi connectivity index (χ1v) is 3.64. The van der Waals surface area contributed by atoms with Crippen molar-refractivity contribution >= 4 is 38.0 Å². The maximum atomic E-state index is 10.4. The Morgan fingerprint density at radius 1 is 1.75 bits per heavy atom. The van der Waals surface area contributed by atoms with Crippen LogP contribution in [0, 0.1) is 0 Å². The molecule has 0 fully saturated rings. The van der Waals surface area contributed by atoms with Crippen LogP contribution in [0.3, 0.4) is 0 Å². The number of esters is 1. The van der Waals surface area contributed by atoms with Gasteiger partial charge in [0.2, 0.25) is 0 Å². The molecule has 0 rings (SSSR count). The fourth-order valence-corrected chi connectivity index (χ4v) is 0.525. The van der Waals surface area contributed by atoms with Gasteiger partial charge in [0, 0.05) is 0 Å². The standard InChI is InChI=1S/C4H4O2Se2/c1-6-4(5)3(8)2-7/h2H,1H3/b3-2-. The zero-order chi connectivity index (χ0) is 6.57. The van der Waals surface area contributed by atoms with Crippen LogP contribution in [-0.2, 0) is 9.53 Å². The van der Waals surface area contributed by atoms with Gasteiger partial charge in [0.15, 0.2) is 0 Å². The second-order valence-electron chi connectivity index (χ2n) is 0.974. The van der Waals surface area contributed by atoms with E-state index in [1.807, 2.05) is 0 Å². The molecule has 0 aliphatic carbocycles. The minimum absolute atomic E-state index is 0.344. The van der Waals surface area contributed by atoms with Crippen molar-refractivity contribution in [2.75, 3.05) is 7.11 Å². The summed E-state index contributed by atoms with van der Waals surface area (Å²) >= 11 is 5.10. The molecule has 0 unspecified atom stereocenters. The molecule has 0 spiro atoms. The molecule has 2 radical (unpaired) electrons. The fourth-order valence-electron chi connectivity index (χ4n) is 0.149. The second kappa shape index (κ2) is 4.16. The van der Waals surface area contributed by atoms with E-state index in [0.29, 0.717) is 4.47 Å². The van der Waals surface area contributed by atoms with E-state index in [1.165, 1.54) is 12.1 Å². The van der Waals surface area contributed by atoms with Crippen LogP contribution in [0.1, 0.15) is 0 Å². The molecule has 0 amide bonds. The number of methoxy groups -OCH3 is 1. The van der Waals surface area contributed by atoms with Gasteiger partial charge in [0.1, 0.15) is 0 Å². The molecule has 0 aromatic rings. The second-order valence-corrected chi connectivity index (χ2v) is 2.39. The van der Waals surface area contributed by atoms with Gasteiger partial charge in [-0.1, -0.05) is 0 Å². The van der Waals surface area contributed by atoms with E-state index < -0.39 is 0 Å². The van der Waals surface area contributed by atoms with Gasteiger partial charge < -0.3 is 0 Å². The summed E-state index contributed by atoms with van der Waals surface area (Å²) in [4.78, 5) is 11.9. The topological polar surface area (TPSA) is 26.3 Å². The summed E-state index contributed by atoms with van der Waals surface area (Å²) < 4.78 is 4.81. The van der Waals surface area contributed by atoms with Crippen LogP contribution >= 0.6 is 0 Å². The van der Waals surface area contributed by atoms with Gasteiger partial charge >= 0.3 is 64.1 Å². The summed E-state index contributed by atoms with van der Waals surface area (Å²) in [7, 11) is 1.34. The molecule has 0 bridgehead atoms. The van der Waals surface area contributed by atoms with Crippen molar-refractivity contribution in [3.05, 3.63) is 9.45 Å². The van der Waals surface area contributed by atoms with E-state index in [-0.39, 0.29) is 5.97 Å². The molecular weight excluding hydrogens is 238 g/mol. The summed E-state index contributed by atoms with van der Waals surface area (Å²) in [6.45, 7) is 0. The van der Waals surface area contributed by atoms with Crippen LogP contribution in [0.5, 0.6) is 0 Å². The quantitative estimate of drug-likeness (QED) is 0.346.